The summed E-state index contributed by atoms with van der Waals surface area (Å²) < 4.78 is 18.6. The number of halogens is 2. The largest absolute Gasteiger partial charge is 0.414 e. The monoisotopic (exact) mass is 363 g/mol. The van der Waals surface area contributed by atoms with E-state index in [2.05, 4.69) is 10.2 Å². The van der Waals surface area contributed by atoms with Crippen LogP contribution in [-0.4, -0.2) is 10.2 Å². The van der Waals surface area contributed by atoms with Crippen LogP contribution in [0, 0.1) is 5.82 Å². The van der Waals surface area contributed by atoms with Gasteiger partial charge in [0.05, 0.1) is 6.04 Å². The molecule has 0 aliphatic rings. The Hall–Kier alpha value is -1.89. The summed E-state index contributed by atoms with van der Waals surface area (Å²) >= 11 is 7.34. The first kappa shape index (κ1) is 17.0. The molecule has 1 aromatic heterocycles. The Morgan fingerprint density at radius 3 is 2.71 bits per heavy atom. The van der Waals surface area contributed by atoms with Gasteiger partial charge in [0.1, 0.15) is 5.82 Å². The standard InChI is InChI=1S/C17H15ClFN3OS/c18-14-9-13(19)7-6-12(14)10-24-17-22-21-16(23-17)15(20)8-11-4-2-1-3-5-11/h1-7,9,15H,8,10,20H2. The molecule has 0 amide bonds. The highest BCUT2D eigenvalue weighted by Gasteiger charge is 2.15. The van der Waals surface area contributed by atoms with Crippen LogP contribution in [0.4, 0.5) is 4.39 Å². The van der Waals surface area contributed by atoms with Crippen LogP contribution in [0.25, 0.3) is 0 Å². The molecule has 0 radical (unpaired) electrons. The van der Waals surface area contributed by atoms with Crippen LogP contribution in [0.3, 0.4) is 0 Å². The molecule has 0 saturated carbocycles. The molecule has 0 saturated heterocycles. The molecule has 0 aliphatic carbocycles. The van der Waals surface area contributed by atoms with Crippen molar-refractivity contribution >= 4 is 23.4 Å². The van der Waals surface area contributed by atoms with Gasteiger partial charge in [-0.1, -0.05) is 59.8 Å². The summed E-state index contributed by atoms with van der Waals surface area (Å²) in [5.41, 5.74) is 8.03. The fraction of sp³-hybridized carbons (Fsp3) is 0.176. The molecule has 3 rings (SSSR count). The van der Waals surface area contributed by atoms with E-state index in [9.17, 15) is 4.39 Å². The lowest BCUT2D eigenvalue weighted by molar-refractivity contribution is 0.385. The average molecular weight is 364 g/mol. The van der Waals surface area contributed by atoms with Gasteiger partial charge in [-0.05, 0) is 29.7 Å². The van der Waals surface area contributed by atoms with Gasteiger partial charge in [0.15, 0.2) is 0 Å². The third kappa shape index (κ3) is 4.35. The molecular weight excluding hydrogens is 349 g/mol. The van der Waals surface area contributed by atoms with E-state index in [1.54, 1.807) is 6.07 Å². The second-order valence-corrected chi connectivity index (χ2v) is 6.56. The number of aromatic nitrogens is 2. The second kappa shape index (κ2) is 7.79. The van der Waals surface area contributed by atoms with Crippen LogP contribution in [0.5, 0.6) is 0 Å². The van der Waals surface area contributed by atoms with Gasteiger partial charge in [0.2, 0.25) is 5.89 Å². The number of thioether (sulfide) groups is 1. The van der Waals surface area contributed by atoms with Crippen molar-refractivity contribution in [2.75, 3.05) is 0 Å². The van der Waals surface area contributed by atoms with Gasteiger partial charge < -0.3 is 10.2 Å². The van der Waals surface area contributed by atoms with Crippen molar-refractivity contribution in [1.82, 2.24) is 10.2 Å². The number of rotatable bonds is 6. The van der Waals surface area contributed by atoms with Crippen molar-refractivity contribution in [2.45, 2.75) is 23.4 Å². The molecular formula is C17H15ClFN3OS. The van der Waals surface area contributed by atoms with E-state index in [0.717, 1.165) is 11.1 Å². The SMILES string of the molecule is NC(Cc1ccccc1)c1nnc(SCc2ccc(F)cc2Cl)o1. The highest BCUT2D eigenvalue weighted by atomic mass is 35.5. The molecule has 124 valence electrons. The van der Waals surface area contributed by atoms with Crippen molar-refractivity contribution < 1.29 is 8.81 Å². The fourth-order valence-corrected chi connectivity index (χ4v) is 3.25. The number of nitrogens with zero attached hydrogens (tertiary/aromatic N) is 2. The van der Waals surface area contributed by atoms with E-state index in [1.165, 1.54) is 23.9 Å². The molecule has 4 nitrogen and oxygen atoms in total. The predicted octanol–water partition coefficient (Wildman–Crippen LogP) is 4.40. The van der Waals surface area contributed by atoms with Crippen LogP contribution >= 0.6 is 23.4 Å². The minimum Gasteiger partial charge on any atom is -0.414 e. The summed E-state index contributed by atoms with van der Waals surface area (Å²) in [7, 11) is 0. The first-order valence-electron chi connectivity index (χ1n) is 7.31. The molecule has 2 N–H and O–H groups in total. The number of hydrogen-bond acceptors (Lipinski definition) is 5. The van der Waals surface area contributed by atoms with Crippen molar-refractivity contribution in [3.8, 4) is 0 Å². The fourth-order valence-electron chi connectivity index (χ4n) is 2.16. The topological polar surface area (TPSA) is 64.9 Å². The van der Waals surface area contributed by atoms with Crippen LogP contribution < -0.4 is 5.73 Å². The molecule has 7 heteroatoms. The number of nitrogens with two attached hydrogens (primary N) is 1. The predicted molar refractivity (Wildman–Crippen MR) is 92.3 cm³/mol. The van der Waals surface area contributed by atoms with Crippen LogP contribution in [0.15, 0.2) is 58.2 Å². The Labute approximate surface area is 148 Å². The molecule has 0 fully saturated rings. The van der Waals surface area contributed by atoms with E-state index < -0.39 is 0 Å². The smallest absolute Gasteiger partial charge is 0.276 e. The highest BCUT2D eigenvalue weighted by Crippen LogP contribution is 2.27. The molecule has 2 aromatic carbocycles. The van der Waals surface area contributed by atoms with Crippen molar-refractivity contribution in [2.24, 2.45) is 5.73 Å². The average Bonchev–Trinajstić information content (AvgIpc) is 3.04. The third-order valence-corrected chi connectivity index (χ3v) is 4.62. The van der Waals surface area contributed by atoms with Crippen LogP contribution in [0.2, 0.25) is 5.02 Å². The first-order valence-corrected chi connectivity index (χ1v) is 8.68. The Bertz CT molecular complexity index is 813. The van der Waals surface area contributed by atoms with Gasteiger partial charge in [0, 0.05) is 10.8 Å². The van der Waals surface area contributed by atoms with E-state index in [-0.39, 0.29) is 11.9 Å². The summed E-state index contributed by atoms with van der Waals surface area (Å²) in [6, 6.07) is 13.8. The number of hydrogen-bond donors (Lipinski definition) is 1. The zero-order valence-corrected chi connectivity index (χ0v) is 14.2. The van der Waals surface area contributed by atoms with Gasteiger partial charge in [-0.25, -0.2) is 4.39 Å². The molecule has 0 spiro atoms. The second-order valence-electron chi connectivity index (χ2n) is 5.23. The lowest BCUT2D eigenvalue weighted by Crippen LogP contribution is -2.13. The van der Waals surface area contributed by atoms with E-state index >= 15 is 0 Å². The van der Waals surface area contributed by atoms with E-state index in [1.807, 2.05) is 30.3 Å². The number of benzene rings is 2. The minimum absolute atomic E-state index is 0.358. The van der Waals surface area contributed by atoms with Gasteiger partial charge in [-0.3, -0.25) is 0 Å². The van der Waals surface area contributed by atoms with E-state index in [4.69, 9.17) is 21.8 Å². The zero-order valence-electron chi connectivity index (χ0n) is 12.7. The summed E-state index contributed by atoms with van der Waals surface area (Å²) in [6.45, 7) is 0. The first-order chi connectivity index (χ1) is 11.6. The van der Waals surface area contributed by atoms with Crippen LogP contribution in [-0.2, 0) is 12.2 Å². The Balaban J connectivity index is 1.61. The maximum absolute atomic E-state index is 13.0. The van der Waals surface area contributed by atoms with Crippen molar-refractivity contribution in [1.29, 1.82) is 0 Å². The summed E-state index contributed by atoms with van der Waals surface area (Å²) in [5.74, 6) is 0.543. The summed E-state index contributed by atoms with van der Waals surface area (Å²) in [4.78, 5) is 0. The normalized spacial score (nSPS) is 12.3. The maximum atomic E-state index is 13.0. The molecule has 1 heterocycles. The van der Waals surface area contributed by atoms with Crippen molar-refractivity contribution in [3.63, 3.8) is 0 Å². The summed E-state index contributed by atoms with van der Waals surface area (Å²) in [6.07, 6.45) is 0.622. The van der Waals surface area contributed by atoms with Crippen molar-refractivity contribution in [3.05, 3.63) is 76.4 Å². The Morgan fingerprint density at radius 2 is 1.96 bits per heavy atom. The molecule has 0 bridgehead atoms. The molecule has 1 unspecified atom stereocenters. The molecule has 0 aliphatic heterocycles. The van der Waals surface area contributed by atoms with Gasteiger partial charge in [-0.2, -0.15) is 0 Å². The summed E-state index contributed by atoms with van der Waals surface area (Å²) in [5, 5.41) is 8.78. The minimum atomic E-state index is -0.360. The highest BCUT2D eigenvalue weighted by molar-refractivity contribution is 7.98. The van der Waals surface area contributed by atoms with Gasteiger partial charge in [-0.15, -0.1) is 10.2 Å². The molecule has 3 aromatic rings. The molecule has 24 heavy (non-hydrogen) atoms. The van der Waals surface area contributed by atoms with Crippen LogP contribution in [0.1, 0.15) is 23.1 Å². The Morgan fingerprint density at radius 1 is 1.17 bits per heavy atom. The van der Waals surface area contributed by atoms with Gasteiger partial charge in [0.25, 0.3) is 5.22 Å². The zero-order chi connectivity index (χ0) is 16.9. The molecule has 1 atom stereocenters. The van der Waals surface area contributed by atoms with E-state index in [0.29, 0.717) is 28.3 Å². The quantitative estimate of drug-likeness (QED) is 0.658. The lowest BCUT2D eigenvalue weighted by Gasteiger charge is -2.06. The van der Waals surface area contributed by atoms with Gasteiger partial charge >= 0.3 is 0 Å². The Kier molecular flexibility index (Phi) is 5.50. The third-order valence-electron chi connectivity index (χ3n) is 3.40. The maximum Gasteiger partial charge on any atom is 0.276 e. The lowest BCUT2D eigenvalue weighted by atomic mass is 10.1.